The predicted octanol–water partition coefficient (Wildman–Crippen LogP) is 5.41. The summed E-state index contributed by atoms with van der Waals surface area (Å²) in [6.45, 7) is 4.97. The van der Waals surface area contributed by atoms with Crippen LogP contribution in [0, 0.1) is 6.92 Å². The fourth-order valence-electron chi connectivity index (χ4n) is 4.38. The van der Waals surface area contributed by atoms with E-state index < -0.39 is 17.5 Å². The molecular formula is C27H27F3N6O2. The predicted molar refractivity (Wildman–Crippen MR) is 133 cm³/mol. The Bertz CT molecular complexity index is 1420. The fraction of sp³-hybridized carbons (Fsp3) is 0.370. The Morgan fingerprint density at radius 1 is 1.13 bits per heavy atom. The van der Waals surface area contributed by atoms with Crippen molar-refractivity contribution in [1.29, 1.82) is 0 Å². The summed E-state index contributed by atoms with van der Waals surface area (Å²) in [7, 11) is 0. The Balaban J connectivity index is 1.17. The molecule has 38 heavy (non-hydrogen) atoms. The molecule has 11 heteroatoms. The van der Waals surface area contributed by atoms with Gasteiger partial charge in [0.1, 0.15) is 11.2 Å². The summed E-state index contributed by atoms with van der Waals surface area (Å²) in [5.74, 6) is 0.0154. The van der Waals surface area contributed by atoms with Crippen molar-refractivity contribution in [3.63, 3.8) is 0 Å². The first kappa shape index (κ1) is 25.6. The molecule has 0 saturated heterocycles. The highest BCUT2D eigenvalue weighted by Gasteiger charge is 2.66. The number of carbonyl (C=O) groups is 1. The van der Waals surface area contributed by atoms with Gasteiger partial charge in [0, 0.05) is 48.7 Å². The standard InChI is InChI=1S/C27H27F3N6O2/c1-3-10-36-16-20(17(2)34-36)12-23-31-14-21(15-32-23)19-6-4-18(5-7-19)11-25(37)33-24-13-22(38-35-24)26(8-9-26)27(28,29)30/h4-7,13-16H,3,8-12H2,1-2H3,(H,33,35,37). The van der Waals surface area contributed by atoms with E-state index in [0.717, 1.165) is 47.0 Å². The normalized spacial score (nSPS) is 14.4. The molecule has 1 fully saturated rings. The summed E-state index contributed by atoms with van der Waals surface area (Å²) in [6.07, 6.45) is 2.76. The van der Waals surface area contributed by atoms with Crippen LogP contribution >= 0.6 is 0 Å². The summed E-state index contributed by atoms with van der Waals surface area (Å²) >= 11 is 0. The molecule has 0 spiro atoms. The van der Waals surface area contributed by atoms with E-state index in [0.29, 0.717) is 12.2 Å². The molecule has 0 atom stereocenters. The fourth-order valence-corrected chi connectivity index (χ4v) is 4.38. The molecule has 0 aliphatic heterocycles. The van der Waals surface area contributed by atoms with Crippen LogP contribution in [0.2, 0.25) is 0 Å². The molecule has 4 aromatic rings. The van der Waals surface area contributed by atoms with Gasteiger partial charge in [0.15, 0.2) is 11.6 Å². The highest BCUT2D eigenvalue weighted by molar-refractivity contribution is 5.91. The molecule has 3 heterocycles. The molecule has 1 N–H and O–H groups in total. The topological polar surface area (TPSA) is 98.7 Å². The van der Waals surface area contributed by atoms with Gasteiger partial charge in [0.05, 0.1) is 12.1 Å². The van der Waals surface area contributed by atoms with Crippen molar-refractivity contribution in [2.24, 2.45) is 0 Å². The second-order valence-electron chi connectivity index (χ2n) is 9.65. The maximum atomic E-state index is 13.3. The smallest absolute Gasteiger partial charge is 0.358 e. The zero-order valence-electron chi connectivity index (χ0n) is 21.0. The molecule has 0 radical (unpaired) electrons. The van der Waals surface area contributed by atoms with E-state index in [4.69, 9.17) is 4.52 Å². The summed E-state index contributed by atoms with van der Waals surface area (Å²) < 4.78 is 46.6. The van der Waals surface area contributed by atoms with Gasteiger partial charge in [-0.05, 0) is 37.3 Å². The first-order valence-electron chi connectivity index (χ1n) is 12.4. The van der Waals surface area contributed by atoms with Gasteiger partial charge in [-0.25, -0.2) is 9.97 Å². The molecule has 198 valence electrons. The van der Waals surface area contributed by atoms with Gasteiger partial charge in [-0.15, -0.1) is 0 Å². The number of rotatable bonds is 9. The summed E-state index contributed by atoms with van der Waals surface area (Å²) in [5.41, 5.74) is 2.58. The van der Waals surface area contributed by atoms with Gasteiger partial charge in [-0.2, -0.15) is 18.3 Å². The van der Waals surface area contributed by atoms with Crippen LogP contribution in [-0.2, 0) is 29.6 Å². The number of nitrogens with zero attached hydrogens (tertiary/aromatic N) is 5. The van der Waals surface area contributed by atoms with Crippen LogP contribution < -0.4 is 5.32 Å². The van der Waals surface area contributed by atoms with Gasteiger partial charge < -0.3 is 9.84 Å². The number of hydrogen-bond acceptors (Lipinski definition) is 6. The van der Waals surface area contributed by atoms with Crippen LogP contribution in [-0.4, -0.2) is 37.0 Å². The highest BCUT2D eigenvalue weighted by atomic mass is 19.4. The number of aromatic nitrogens is 5. The van der Waals surface area contributed by atoms with E-state index in [1.165, 1.54) is 0 Å². The second-order valence-corrected chi connectivity index (χ2v) is 9.65. The Hall–Kier alpha value is -4.02. The lowest BCUT2D eigenvalue weighted by Crippen LogP contribution is -2.28. The van der Waals surface area contributed by atoms with Gasteiger partial charge >= 0.3 is 6.18 Å². The average molecular weight is 525 g/mol. The third kappa shape index (κ3) is 5.32. The molecule has 0 bridgehead atoms. The molecule has 1 aliphatic rings. The molecule has 1 amide bonds. The number of anilines is 1. The molecule has 5 rings (SSSR count). The molecule has 8 nitrogen and oxygen atoms in total. The molecule has 0 unspecified atom stereocenters. The van der Waals surface area contributed by atoms with Crippen molar-refractivity contribution >= 4 is 11.7 Å². The van der Waals surface area contributed by atoms with E-state index in [1.807, 2.05) is 42.1 Å². The van der Waals surface area contributed by atoms with Crippen molar-refractivity contribution in [2.45, 2.75) is 64.1 Å². The molecule has 1 aliphatic carbocycles. The number of benzene rings is 1. The van der Waals surface area contributed by atoms with Crippen LogP contribution in [0.25, 0.3) is 11.1 Å². The largest absolute Gasteiger partial charge is 0.401 e. The third-order valence-corrected chi connectivity index (χ3v) is 6.75. The first-order valence-corrected chi connectivity index (χ1v) is 12.4. The number of nitrogens with one attached hydrogen (secondary N) is 1. The quantitative estimate of drug-likeness (QED) is 0.314. The Morgan fingerprint density at radius 2 is 1.84 bits per heavy atom. The van der Waals surface area contributed by atoms with E-state index in [2.05, 4.69) is 32.5 Å². The zero-order valence-corrected chi connectivity index (χ0v) is 21.0. The molecule has 3 aromatic heterocycles. The van der Waals surface area contributed by atoms with E-state index in [1.54, 1.807) is 12.4 Å². The molecule has 1 saturated carbocycles. The monoisotopic (exact) mass is 524 g/mol. The minimum absolute atomic E-state index is 0.0257. The summed E-state index contributed by atoms with van der Waals surface area (Å²) in [5, 5.41) is 10.6. The number of alkyl halides is 3. The van der Waals surface area contributed by atoms with Gasteiger partial charge in [0.25, 0.3) is 0 Å². The number of halogens is 3. The molecular weight excluding hydrogens is 497 g/mol. The van der Waals surface area contributed by atoms with Gasteiger partial charge in [0.2, 0.25) is 5.91 Å². The van der Waals surface area contributed by atoms with Crippen LogP contribution in [0.1, 0.15) is 54.6 Å². The SMILES string of the molecule is CCCn1cc(Cc2ncc(-c3ccc(CC(=O)Nc4cc(C5(C(F)(F)F)CC5)on4)cc3)cn2)c(C)n1. The number of hydrogen-bond donors (Lipinski definition) is 1. The number of aryl methyl sites for hydroxylation is 2. The van der Waals surface area contributed by atoms with E-state index >= 15 is 0 Å². The lowest BCUT2D eigenvalue weighted by molar-refractivity contribution is -0.165. The summed E-state index contributed by atoms with van der Waals surface area (Å²) in [4.78, 5) is 21.4. The van der Waals surface area contributed by atoms with Crippen molar-refractivity contribution in [3.8, 4) is 11.1 Å². The van der Waals surface area contributed by atoms with Crippen LogP contribution in [0.3, 0.4) is 0 Å². The third-order valence-electron chi connectivity index (χ3n) is 6.75. The first-order chi connectivity index (χ1) is 18.2. The minimum atomic E-state index is -4.40. The van der Waals surface area contributed by atoms with Crippen LogP contribution in [0.4, 0.5) is 19.0 Å². The maximum Gasteiger partial charge on any atom is 0.401 e. The summed E-state index contributed by atoms with van der Waals surface area (Å²) in [6, 6.07) is 8.52. The van der Waals surface area contributed by atoms with Gasteiger partial charge in [-0.3, -0.25) is 9.48 Å². The van der Waals surface area contributed by atoms with E-state index in [9.17, 15) is 18.0 Å². The van der Waals surface area contributed by atoms with Crippen molar-refractivity contribution in [1.82, 2.24) is 24.9 Å². The Morgan fingerprint density at radius 3 is 2.47 bits per heavy atom. The minimum Gasteiger partial charge on any atom is -0.358 e. The number of carbonyl (C=O) groups excluding carboxylic acids is 1. The molecule has 1 aromatic carbocycles. The zero-order chi connectivity index (χ0) is 26.9. The van der Waals surface area contributed by atoms with E-state index in [-0.39, 0.29) is 30.8 Å². The van der Waals surface area contributed by atoms with Gasteiger partial charge in [-0.1, -0.05) is 36.3 Å². The second kappa shape index (κ2) is 10.0. The Kier molecular flexibility index (Phi) is 6.77. The lowest BCUT2D eigenvalue weighted by Gasteiger charge is -2.14. The highest BCUT2D eigenvalue weighted by Crippen LogP contribution is 2.59. The van der Waals surface area contributed by atoms with Crippen LogP contribution in [0.5, 0.6) is 0 Å². The van der Waals surface area contributed by atoms with Crippen LogP contribution in [0.15, 0.2) is 53.4 Å². The van der Waals surface area contributed by atoms with Crippen molar-refractivity contribution in [2.75, 3.05) is 5.32 Å². The average Bonchev–Trinajstić information content (AvgIpc) is 3.47. The number of amides is 1. The van der Waals surface area contributed by atoms with Crippen molar-refractivity contribution in [3.05, 3.63) is 77.3 Å². The lowest BCUT2D eigenvalue weighted by atomic mass is 10.0. The maximum absolute atomic E-state index is 13.3. The van der Waals surface area contributed by atoms with Crippen molar-refractivity contribution < 1.29 is 22.5 Å². The Labute approximate surface area is 217 Å².